The van der Waals surface area contributed by atoms with Crippen LogP contribution < -0.4 is 15.5 Å². The average molecular weight is 435 g/mol. The van der Waals surface area contributed by atoms with Crippen molar-refractivity contribution in [1.29, 1.82) is 5.26 Å². The molecule has 158 valence electrons. The van der Waals surface area contributed by atoms with Gasteiger partial charge in [-0.05, 0) is 55.0 Å². The van der Waals surface area contributed by atoms with Gasteiger partial charge in [-0.25, -0.2) is 0 Å². The van der Waals surface area contributed by atoms with Gasteiger partial charge in [-0.3, -0.25) is 14.4 Å². The van der Waals surface area contributed by atoms with E-state index in [4.69, 9.17) is 0 Å². The van der Waals surface area contributed by atoms with Crippen molar-refractivity contribution in [2.75, 3.05) is 11.9 Å². The maximum atomic E-state index is 12.6. The molecule has 31 heavy (non-hydrogen) atoms. The molecule has 5 rings (SSSR count). The summed E-state index contributed by atoms with van der Waals surface area (Å²) in [5.74, 6) is -0.689. The van der Waals surface area contributed by atoms with Crippen molar-refractivity contribution in [3.05, 3.63) is 40.8 Å². The molecule has 2 aliphatic heterocycles. The molecule has 1 aliphatic carbocycles. The molecular weight excluding hydrogens is 412 g/mol. The van der Waals surface area contributed by atoms with Crippen molar-refractivity contribution >= 4 is 34.6 Å². The fourth-order valence-electron chi connectivity index (χ4n) is 4.92. The summed E-state index contributed by atoms with van der Waals surface area (Å²) in [7, 11) is 1.60. The molecule has 1 saturated carbocycles. The fourth-order valence-corrected chi connectivity index (χ4v) is 5.97. The van der Waals surface area contributed by atoms with Crippen LogP contribution in [-0.2, 0) is 16.0 Å². The van der Waals surface area contributed by atoms with Gasteiger partial charge in [0.25, 0.3) is 11.7 Å². The summed E-state index contributed by atoms with van der Waals surface area (Å²) >= 11 is 1.54. The Bertz CT molecular complexity index is 1130. The summed E-state index contributed by atoms with van der Waals surface area (Å²) in [6.07, 6.45) is 3.70. The molecule has 8 heteroatoms. The molecule has 2 fully saturated rings. The standard InChI is InChI=1S/C23H22N4O3S/c1-27-18-9-12(3-6-17(18)21(28)23(27)30)19-7-5-16(31-19)10-15(11-24)26-22(29)20-13-2-4-14(8-13)25-20/h3,5-7,9,13-15,20,25H,2,4,8,10H2,1H3,(H,26,29)/t13?,14?,15-,20?/m0/s1. The predicted octanol–water partition coefficient (Wildman–Crippen LogP) is 2.27. The lowest BCUT2D eigenvalue weighted by atomic mass is 9.99. The van der Waals surface area contributed by atoms with E-state index in [0.717, 1.165) is 34.6 Å². The van der Waals surface area contributed by atoms with Gasteiger partial charge in [0.05, 0.1) is 23.4 Å². The number of fused-ring (bicyclic) bond motifs is 3. The van der Waals surface area contributed by atoms with E-state index in [1.54, 1.807) is 24.5 Å². The van der Waals surface area contributed by atoms with Crippen LogP contribution in [0.15, 0.2) is 30.3 Å². The third kappa shape index (κ3) is 3.44. The predicted molar refractivity (Wildman–Crippen MR) is 117 cm³/mol. The lowest BCUT2D eigenvalue weighted by Gasteiger charge is -2.23. The molecule has 0 spiro atoms. The number of carbonyl (C=O) groups excluding carboxylic acids is 3. The van der Waals surface area contributed by atoms with Crippen LogP contribution in [0.4, 0.5) is 5.69 Å². The second-order valence-corrected chi connectivity index (χ2v) is 9.67. The first-order valence-electron chi connectivity index (χ1n) is 10.5. The van der Waals surface area contributed by atoms with Gasteiger partial charge < -0.3 is 15.5 Å². The number of nitrogens with zero attached hydrogens (tertiary/aromatic N) is 2. The van der Waals surface area contributed by atoms with Crippen LogP contribution in [0.1, 0.15) is 34.5 Å². The summed E-state index contributed by atoms with van der Waals surface area (Å²) in [4.78, 5) is 39.9. The van der Waals surface area contributed by atoms with E-state index in [-0.39, 0.29) is 11.9 Å². The first kappa shape index (κ1) is 19.9. The molecule has 3 unspecified atom stereocenters. The zero-order valence-corrected chi connectivity index (χ0v) is 17.9. The Morgan fingerprint density at radius 3 is 2.87 bits per heavy atom. The first-order valence-corrected chi connectivity index (χ1v) is 11.3. The van der Waals surface area contributed by atoms with Crippen molar-refractivity contribution < 1.29 is 14.4 Å². The molecule has 3 heterocycles. The smallest absolute Gasteiger partial charge is 0.299 e. The molecule has 4 atom stereocenters. The highest BCUT2D eigenvalue weighted by atomic mass is 32.1. The molecule has 2 amide bonds. The van der Waals surface area contributed by atoms with Crippen LogP contribution in [0.5, 0.6) is 0 Å². The normalized spacial score (nSPS) is 24.9. The molecule has 2 bridgehead atoms. The van der Waals surface area contributed by atoms with Crippen LogP contribution in [0.25, 0.3) is 10.4 Å². The van der Waals surface area contributed by atoms with Gasteiger partial charge in [-0.15, -0.1) is 11.3 Å². The summed E-state index contributed by atoms with van der Waals surface area (Å²) in [5.41, 5.74) is 1.95. The Labute approximate surface area is 184 Å². The summed E-state index contributed by atoms with van der Waals surface area (Å²) in [5, 5.41) is 15.8. The van der Waals surface area contributed by atoms with Gasteiger partial charge in [-0.1, -0.05) is 6.07 Å². The zero-order chi connectivity index (χ0) is 21.7. The number of hydrogen-bond donors (Lipinski definition) is 2. The van der Waals surface area contributed by atoms with Crippen LogP contribution >= 0.6 is 11.3 Å². The Morgan fingerprint density at radius 2 is 2.16 bits per heavy atom. The number of ketones is 1. The molecule has 1 saturated heterocycles. The minimum atomic E-state index is -0.582. The van der Waals surface area contributed by atoms with E-state index in [2.05, 4.69) is 16.7 Å². The second kappa shape index (κ2) is 7.59. The maximum absolute atomic E-state index is 12.6. The monoisotopic (exact) mass is 434 g/mol. The van der Waals surface area contributed by atoms with Gasteiger partial charge in [0.2, 0.25) is 5.91 Å². The van der Waals surface area contributed by atoms with Crippen molar-refractivity contribution in [2.45, 2.75) is 43.8 Å². The summed E-state index contributed by atoms with van der Waals surface area (Å²) in [6.45, 7) is 0. The van der Waals surface area contributed by atoms with E-state index in [1.165, 1.54) is 4.90 Å². The number of piperidine rings is 1. The molecular formula is C23H22N4O3S. The minimum Gasteiger partial charge on any atom is -0.339 e. The molecule has 2 aromatic rings. The number of nitrogens with one attached hydrogen (secondary N) is 2. The number of Topliss-reactive ketones (excluding diaryl/α,β-unsaturated/α-hetero) is 1. The largest absolute Gasteiger partial charge is 0.339 e. The molecule has 0 radical (unpaired) electrons. The van der Waals surface area contributed by atoms with Gasteiger partial charge in [0.1, 0.15) is 6.04 Å². The van der Waals surface area contributed by atoms with Crippen molar-refractivity contribution in [1.82, 2.24) is 10.6 Å². The Kier molecular flexibility index (Phi) is 4.88. The highest BCUT2D eigenvalue weighted by Gasteiger charge is 2.43. The highest BCUT2D eigenvalue weighted by Crippen LogP contribution is 2.36. The minimum absolute atomic E-state index is 0.0773. The van der Waals surface area contributed by atoms with Gasteiger partial charge in [-0.2, -0.15) is 5.26 Å². The number of thiophene rings is 1. The SMILES string of the molecule is CN1C(=O)C(=O)c2ccc(-c3ccc(C[C@@H](C#N)NC(=O)C4NC5CCC4C5)s3)cc21. The highest BCUT2D eigenvalue weighted by molar-refractivity contribution is 7.15. The molecule has 1 aromatic heterocycles. The summed E-state index contributed by atoms with van der Waals surface area (Å²) < 4.78 is 0. The van der Waals surface area contributed by atoms with Gasteiger partial charge in [0, 0.05) is 29.3 Å². The van der Waals surface area contributed by atoms with Gasteiger partial charge in [0.15, 0.2) is 0 Å². The second-order valence-electron chi connectivity index (χ2n) is 8.50. The topological polar surface area (TPSA) is 102 Å². The quantitative estimate of drug-likeness (QED) is 0.703. The van der Waals surface area contributed by atoms with Crippen molar-refractivity contribution in [2.24, 2.45) is 5.92 Å². The number of carbonyl (C=O) groups is 3. The Balaban J connectivity index is 1.27. The molecule has 2 N–H and O–H groups in total. The third-order valence-electron chi connectivity index (χ3n) is 6.57. The van der Waals surface area contributed by atoms with Crippen molar-refractivity contribution in [3.63, 3.8) is 0 Å². The number of nitriles is 1. The summed E-state index contributed by atoms with van der Waals surface area (Å²) in [6, 6.07) is 11.2. The number of amides is 2. The van der Waals surface area contributed by atoms with Crippen LogP contribution in [0.2, 0.25) is 0 Å². The first-order chi connectivity index (χ1) is 14.9. The molecule has 3 aliphatic rings. The lowest BCUT2D eigenvalue weighted by molar-refractivity contribution is -0.124. The fraction of sp³-hybridized carbons (Fsp3) is 0.391. The van der Waals surface area contributed by atoms with E-state index < -0.39 is 17.7 Å². The van der Waals surface area contributed by atoms with Crippen molar-refractivity contribution in [3.8, 4) is 16.5 Å². The number of anilines is 1. The number of rotatable bonds is 5. The van der Waals surface area contributed by atoms with Crippen LogP contribution in [0.3, 0.4) is 0 Å². The Morgan fingerprint density at radius 1 is 1.32 bits per heavy atom. The van der Waals surface area contributed by atoms with E-state index >= 15 is 0 Å². The lowest BCUT2D eigenvalue weighted by Crippen LogP contribution is -2.50. The van der Waals surface area contributed by atoms with Crippen LogP contribution in [-0.4, -0.2) is 42.8 Å². The number of likely N-dealkylation sites (N-methyl/N-ethyl adjacent to an activating group) is 1. The molecule has 7 nitrogen and oxygen atoms in total. The van der Waals surface area contributed by atoms with E-state index in [0.29, 0.717) is 29.6 Å². The number of benzene rings is 1. The zero-order valence-electron chi connectivity index (χ0n) is 17.1. The third-order valence-corrected chi connectivity index (χ3v) is 7.73. The van der Waals surface area contributed by atoms with E-state index in [9.17, 15) is 19.6 Å². The average Bonchev–Trinajstić information content (AvgIpc) is 3.56. The van der Waals surface area contributed by atoms with Crippen LogP contribution in [0, 0.1) is 17.2 Å². The molecule has 1 aromatic carbocycles. The number of hydrogen-bond acceptors (Lipinski definition) is 6. The van der Waals surface area contributed by atoms with Gasteiger partial charge >= 0.3 is 0 Å². The van der Waals surface area contributed by atoms with E-state index in [1.807, 2.05) is 24.3 Å². The maximum Gasteiger partial charge on any atom is 0.299 e. The Hall–Kier alpha value is -3.02.